The van der Waals surface area contributed by atoms with Gasteiger partial charge in [0.15, 0.2) is 5.16 Å². The van der Waals surface area contributed by atoms with Gasteiger partial charge in [-0.2, -0.15) is 5.26 Å². The van der Waals surface area contributed by atoms with Gasteiger partial charge in [-0.05, 0) is 12.1 Å². The Kier molecular flexibility index (Phi) is 5.91. The van der Waals surface area contributed by atoms with E-state index in [4.69, 9.17) is 45.8 Å². The SMILES string of the molecule is N#Cc1cnc(SCC(=O)Nc2c(Cl)cc(Cl)cc2Cl)nc1N. The van der Waals surface area contributed by atoms with Crippen LogP contribution in [0.1, 0.15) is 5.56 Å². The van der Waals surface area contributed by atoms with Gasteiger partial charge in [0.1, 0.15) is 17.5 Å². The molecule has 0 spiro atoms. The van der Waals surface area contributed by atoms with E-state index >= 15 is 0 Å². The number of amides is 1. The highest BCUT2D eigenvalue weighted by Crippen LogP contribution is 2.33. The molecule has 0 bridgehead atoms. The number of nitrogen functional groups attached to an aromatic ring is 1. The lowest BCUT2D eigenvalue weighted by atomic mass is 10.3. The molecule has 0 saturated carbocycles. The molecule has 0 saturated heterocycles. The number of nitrogens with two attached hydrogens (primary N) is 1. The van der Waals surface area contributed by atoms with Crippen LogP contribution >= 0.6 is 46.6 Å². The van der Waals surface area contributed by atoms with Crippen LogP contribution in [0.5, 0.6) is 0 Å². The summed E-state index contributed by atoms with van der Waals surface area (Å²) in [6, 6.07) is 4.81. The van der Waals surface area contributed by atoms with Crippen molar-refractivity contribution in [3.05, 3.63) is 39.0 Å². The molecule has 2 rings (SSSR count). The largest absolute Gasteiger partial charge is 0.382 e. The minimum absolute atomic E-state index is 0.0145. The average molecular weight is 389 g/mol. The second-order valence-electron chi connectivity index (χ2n) is 4.14. The van der Waals surface area contributed by atoms with Crippen molar-refractivity contribution in [1.82, 2.24) is 9.97 Å². The predicted molar refractivity (Wildman–Crippen MR) is 92.0 cm³/mol. The zero-order valence-corrected chi connectivity index (χ0v) is 14.4. The minimum Gasteiger partial charge on any atom is -0.382 e. The number of thioether (sulfide) groups is 1. The maximum Gasteiger partial charge on any atom is 0.234 e. The molecule has 10 heteroatoms. The van der Waals surface area contributed by atoms with Crippen LogP contribution in [0.3, 0.4) is 0 Å². The fraction of sp³-hybridized carbons (Fsp3) is 0.0769. The lowest BCUT2D eigenvalue weighted by Gasteiger charge is -2.09. The van der Waals surface area contributed by atoms with Gasteiger partial charge in [0.2, 0.25) is 5.91 Å². The third kappa shape index (κ3) is 4.62. The molecule has 0 unspecified atom stereocenters. The molecule has 0 aliphatic carbocycles. The van der Waals surface area contributed by atoms with Crippen molar-refractivity contribution in [1.29, 1.82) is 5.26 Å². The highest BCUT2D eigenvalue weighted by atomic mass is 35.5. The lowest BCUT2D eigenvalue weighted by molar-refractivity contribution is -0.113. The standard InChI is InChI=1S/C13H8Cl3N5OS/c14-7-1-8(15)11(9(16)2-7)20-10(22)5-23-13-19-4-6(3-17)12(18)21-13/h1-2,4H,5H2,(H,20,22)(H2,18,19,21). The van der Waals surface area contributed by atoms with E-state index in [-0.39, 0.29) is 43.9 Å². The van der Waals surface area contributed by atoms with E-state index in [9.17, 15) is 4.79 Å². The van der Waals surface area contributed by atoms with Crippen molar-refractivity contribution < 1.29 is 4.79 Å². The maximum absolute atomic E-state index is 12.0. The Bertz CT molecular complexity index is 786. The normalized spacial score (nSPS) is 10.2. The van der Waals surface area contributed by atoms with Gasteiger partial charge < -0.3 is 11.1 Å². The Labute approximate surface area is 150 Å². The van der Waals surface area contributed by atoms with Crippen molar-refractivity contribution in [2.24, 2.45) is 0 Å². The molecule has 2 aromatic rings. The molecule has 0 fully saturated rings. The molecule has 1 aromatic heterocycles. The number of halogens is 3. The van der Waals surface area contributed by atoms with Crippen molar-refractivity contribution in [2.45, 2.75) is 5.16 Å². The minimum atomic E-state index is -0.354. The van der Waals surface area contributed by atoms with E-state index in [2.05, 4.69) is 15.3 Å². The van der Waals surface area contributed by atoms with Gasteiger partial charge in [0.25, 0.3) is 0 Å². The van der Waals surface area contributed by atoms with E-state index in [1.807, 2.05) is 6.07 Å². The summed E-state index contributed by atoms with van der Waals surface area (Å²) in [7, 11) is 0. The van der Waals surface area contributed by atoms with Crippen molar-refractivity contribution in [3.63, 3.8) is 0 Å². The highest BCUT2D eigenvalue weighted by molar-refractivity contribution is 7.99. The van der Waals surface area contributed by atoms with E-state index < -0.39 is 0 Å². The van der Waals surface area contributed by atoms with E-state index in [1.165, 1.54) is 18.3 Å². The first-order chi connectivity index (χ1) is 10.9. The zero-order chi connectivity index (χ0) is 17.0. The van der Waals surface area contributed by atoms with Crippen LogP contribution < -0.4 is 11.1 Å². The number of carbonyl (C=O) groups excluding carboxylic acids is 1. The topological polar surface area (TPSA) is 105 Å². The molecule has 0 radical (unpaired) electrons. The molecular weight excluding hydrogens is 381 g/mol. The molecule has 0 aliphatic rings. The molecule has 23 heavy (non-hydrogen) atoms. The molecule has 118 valence electrons. The number of benzene rings is 1. The molecule has 6 nitrogen and oxygen atoms in total. The molecule has 0 aliphatic heterocycles. The Hall–Kier alpha value is -1.72. The molecule has 1 aromatic carbocycles. The fourth-order valence-corrected chi connectivity index (χ4v) is 3.03. The number of nitrogens with one attached hydrogen (secondary N) is 1. The van der Waals surface area contributed by atoms with Crippen molar-refractivity contribution in [2.75, 3.05) is 16.8 Å². The van der Waals surface area contributed by atoms with Crippen LogP contribution in [0.25, 0.3) is 0 Å². The van der Waals surface area contributed by atoms with E-state index in [1.54, 1.807) is 0 Å². The Morgan fingerprint density at radius 1 is 1.35 bits per heavy atom. The maximum atomic E-state index is 12.0. The van der Waals surface area contributed by atoms with E-state index in [0.717, 1.165) is 11.8 Å². The van der Waals surface area contributed by atoms with Crippen LogP contribution in [0.15, 0.2) is 23.5 Å². The number of carbonyl (C=O) groups is 1. The predicted octanol–water partition coefficient (Wildman–Crippen LogP) is 3.62. The zero-order valence-electron chi connectivity index (χ0n) is 11.3. The molecule has 1 heterocycles. The quantitative estimate of drug-likeness (QED) is 0.612. The Morgan fingerprint density at radius 3 is 2.57 bits per heavy atom. The van der Waals surface area contributed by atoms with Gasteiger partial charge in [-0.3, -0.25) is 4.79 Å². The van der Waals surface area contributed by atoms with Gasteiger partial charge in [-0.15, -0.1) is 0 Å². The number of rotatable bonds is 4. The highest BCUT2D eigenvalue weighted by Gasteiger charge is 2.13. The number of hydrogen-bond donors (Lipinski definition) is 2. The van der Waals surface area contributed by atoms with Crippen LogP contribution in [0.2, 0.25) is 15.1 Å². The summed E-state index contributed by atoms with van der Waals surface area (Å²) in [4.78, 5) is 19.8. The van der Waals surface area contributed by atoms with Gasteiger partial charge in [0.05, 0.1) is 27.7 Å². The van der Waals surface area contributed by atoms with Crippen molar-refractivity contribution in [3.8, 4) is 6.07 Å². The Balaban J connectivity index is 2.01. The first kappa shape index (κ1) is 17.6. The summed E-state index contributed by atoms with van der Waals surface area (Å²) in [5, 5.41) is 12.5. The summed E-state index contributed by atoms with van der Waals surface area (Å²) in [6.45, 7) is 0. The van der Waals surface area contributed by atoms with Crippen LogP contribution in [-0.4, -0.2) is 21.6 Å². The second kappa shape index (κ2) is 7.70. The smallest absolute Gasteiger partial charge is 0.234 e. The van der Waals surface area contributed by atoms with Crippen LogP contribution in [0, 0.1) is 11.3 Å². The monoisotopic (exact) mass is 387 g/mol. The second-order valence-corrected chi connectivity index (χ2v) is 6.34. The third-order valence-corrected chi connectivity index (χ3v) is 4.20. The number of aromatic nitrogens is 2. The summed E-state index contributed by atoms with van der Waals surface area (Å²) in [6.07, 6.45) is 1.30. The summed E-state index contributed by atoms with van der Waals surface area (Å²) >= 11 is 18.8. The number of anilines is 2. The van der Waals surface area contributed by atoms with Gasteiger partial charge >= 0.3 is 0 Å². The molecule has 3 N–H and O–H groups in total. The first-order valence-corrected chi connectivity index (χ1v) is 8.12. The summed E-state index contributed by atoms with van der Waals surface area (Å²) < 4.78 is 0. The Morgan fingerprint density at radius 2 is 2.00 bits per heavy atom. The number of nitrogens with zero attached hydrogens (tertiary/aromatic N) is 3. The third-order valence-electron chi connectivity index (χ3n) is 2.52. The summed E-state index contributed by atoms with van der Waals surface area (Å²) in [5.74, 6) is -0.275. The fourth-order valence-electron chi connectivity index (χ4n) is 1.50. The molecule has 0 atom stereocenters. The van der Waals surface area contributed by atoms with E-state index in [0.29, 0.717) is 5.02 Å². The lowest BCUT2D eigenvalue weighted by Crippen LogP contribution is -2.15. The van der Waals surface area contributed by atoms with Gasteiger partial charge in [0, 0.05) is 5.02 Å². The van der Waals surface area contributed by atoms with Crippen molar-refractivity contribution >= 4 is 64.0 Å². The van der Waals surface area contributed by atoms with Gasteiger partial charge in [-0.25, -0.2) is 9.97 Å². The molecular formula is C13H8Cl3N5OS. The van der Waals surface area contributed by atoms with Crippen LogP contribution in [0.4, 0.5) is 11.5 Å². The molecule has 1 amide bonds. The van der Waals surface area contributed by atoms with Crippen LogP contribution in [-0.2, 0) is 4.79 Å². The summed E-state index contributed by atoms with van der Waals surface area (Å²) in [5.41, 5.74) is 6.04. The first-order valence-electron chi connectivity index (χ1n) is 6.00. The average Bonchev–Trinajstić information content (AvgIpc) is 2.49. The number of nitriles is 1. The number of hydrogen-bond acceptors (Lipinski definition) is 6. The van der Waals surface area contributed by atoms with Gasteiger partial charge in [-0.1, -0.05) is 46.6 Å².